The number of carbonyl (C=O) groups excluding carboxylic acids is 2. The molecule has 1 aliphatic rings. The van der Waals surface area contributed by atoms with Gasteiger partial charge in [-0.2, -0.15) is 18.3 Å². The number of hydrogen-bond donors (Lipinski definition) is 1. The van der Waals surface area contributed by atoms with E-state index in [0.29, 0.717) is 11.1 Å². The van der Waals surface area contributed by atoms with Gasteiger partial charge < -0.3 is 10.1 Å². The number of methoxy groups -OCH3 is 1. The van der Waals surface area contributed by atoms with Crippen LogP contribution in [0.15, 0.2) is 0 Å². The van der Waals surface area contributed by atoms with Crippen molar-refractivity contribution in [3.8, 4) is 0 Å². The maximum Gasteiger partial charge on any atom is 0.442 e. The van der Waals surface area contributed by atoms with Gasteiger partial charge in [-0.15, -0.1) is 11.3 Å². The third-order valence-corrected chi connectivity index (χ3v) is 5.69. The number of alkyl halides is 3. The zero-order valence-corrected chi connectivity index (χ0v) is 16.1. The first-order chi connectivity index (χ1) is 13.5. The molecule has 2 aromatic heterocycles. The lowest BCUT2D eigenvalue weighted by Gasteiger charge is -2.08. The molecule has 0 saturated carbocycles. The summed E-state index contributed by atoms with van der Waals surface area (Å²) in [4.78, 5) is 35.3. The third-order valence-electron chi connectivity index (χ3n) is 4.48. The highest BCUT2D eigenvalue weighted by Crippen LogP contribution is 2.40. The zero-order chi connectivity index (χ0) is 21.5. The molecule has 13 heteroatoms. The van der Waals surface area contributed by atoms with Crippen LogP contribution >= 0.6 is 11.3 Å². The Hall–Kier alpha value is -2.96. The van der Waals surface area contributed by atoms with Gasteiger partial charge in [-0.05, 0) is 31.7 Å². The molecule has 0 bridgehead atoms. The summed E-state index contributed by atoms with van der Waals surface area (Å²) in [5, 5.41) is 17.0. The van der Waals surface area contributed by atoms with Crippen LogP contribution in [0.25, 0.3) is 0 Å². The van der Waals surface area contributed by atoms with Crippen molar-refractivity contribution in [3.05, 3.63) is 37.5 Å². The second-order valence-electron chi connectivity index (χ2n) is 6.30. The number of nitro groups is 1. The lowest BCUT2D eigenvalue weighted by atomic mass is 10.1. The summed E-state index contributed by atoms with van der Waals surface area (Å²) in [5.74, 6) is -1.39. The predicted octanol–water partition coefficient (Wildman–Crippen LogP) is 3.09. The van der Waals surface area contributed by atoms with E-state index in [4.69, 9.17) is 4.74 Å². The Morgan fingerprint density at radius 1 is 1.38 bits per heavy atom. The van der Waals surface area contributed by atoms with Gasteiger partial charge in [0, 0.05) is 4.88 Å². The summed E-state index contributed by atoms with van der Waals surface area (Å²) < 4.78 is 44.5. The molecule has 0 radical (unpaired) electrons. The van der Waals surface area contributed by atoms with Gasteiger partial charge in [0.05, 0.1) is 17.6 Å². The van der Waals surface area contributed by atoms with Crippen LogP contribution in [0.4, 0.5) is 23.9 Å². The minimum Gasteiger partial charge on any atom is -0.465 e. The van der Waals surface area contributed by atoms with Crippen molar-refractivity contribution in [1.29, 1.82) is 0 Å². The SMILES string of the molecule is COC(=O)c1c(NC(=O)Cn2nc(C(F)(F)F)c([N+](=O)[O-])c2C)sc2c1CCC2. The van der Waals surface area contributed by atoms with Crippen LogP contribution in [0.1, 0.15) is 38.6 Å². The molecule has 3 rings (SSSR count). The molecular formula is C16H15F3N4O5S. The number of fused-ring (bicyclic) bond motifs is 1. The minimum atomic E-state index is -5.04. The summed E-state index contributed by atoms with van der Waals surface area (Å²) in [6, 6.07) is 0. The number of anilines is 1. The van der Waals surface area contributed by atoms with Gasteiger partial charge in [0.1, 0.15) is 17.2 Å². The quantitative estimate of drug-likeness (QED) is 0.441. The number of aromatic nitrogens is 2. The molecular weight excluding hydrogens is 417 g/mol. The Morgan fingerprint density at radius 3 is 2.62 bits per heavy atom. The number of hydrogen-bond acceptors (Lipinski definition) is 7. The highest BCUT2D eigenvalue weighted by atomic mass is 32.1. The molecule has 0 fully saturated rings. The lowest BCUT2D eigenvalue weighted by Crippen LogP contribution is -2.21. The first kappa shape index (κ1) is 20.8. The summed E-state index contributed by atoms with van der Waals surface area (Å²) in [7, 11) is 1.21. The molecule has 0 atom stereocenters. The van der Waals surface area contributed by atoms with E-state index in [0.717, 1.165) is 30.2 Å². The van der Waals surface area contributed by atoms with Crippen molar-refractivity contribution >= 4 is 33.9 Å². The molecule has 0 saturated heterocycles. The summed E-state index contributed by atoms with van der Waals surface area (Å²) in [6.45, 7) is 0.388. The number of ether oxygens (including phenoxy) is 1. The average molecular weight is 432 g/mol. The number of carbonyl (C=O) groups is 2. The van der Waals surface area contributed by atoms with Gasteiger partial charge in [0.2, 0.25) is 11.6 Å². The Morgan fingerprint density at radius 2 is 2.07 bits per heavy atom. The predicted molar refractivity (Wildman–Crippen MR) is 94.9 cm³/mol. The smallest absolute Gasteiger partial charge is 0.442 e. The van der Waals surface area contributed by atoms with E-state index in [1.165, 1.54) is 18.4 Å². The van der Waals surface area contributed by atoms with E-state index in [2.05, 4.69) is 10.4 Å². The second kappa shape index (κ2) is 7.46. The largest absolute Gasteiger partial charge is 0.465 e. The number of esters is 1. The standard InChI is InChI=1S/C16H15F3N4O5S/c1-7-12(23(26)27)13(16(17,18)19)21-22(7)6-10(24)20-14-11(15(25)28-2)8-4-3-5-9(8)29-14/h3-6H2,1-2H3,(H,20,24). The Bertz CT molecular complexity index is 1010. The molecule has 1 N–H and O–H groups in total. The Kier molecular flexibility index (Phi) is 5.34. The highest BCUT2D eigenvalue weighted by molar-refractivity contribution is 7.17. The Balaban J connectivity index is 1.88. The molecule has 1 aliphatic carbocycles. The normalized spacial score (nSPS) is 13.3. The maximum absolute atomic E-state index is 13.0. The fourth-order valence-corrected chi connectivity index (χ4v) is 4.51. The van der Waals surface area contributed by atoms with Gasteiger partial charge >= 0.3 is 17.8 Å². The van der Waals surface area contributed by atoms with E-state index in [9.17, 15) is 32.9 Å². The molecule has 2 aromatic rings. The van der Waals surface area contributed by atoms with Crippen molar-refractivity contribution in [2.75, 3.05) is 12.4 Å². The fourth-order valence-electron chi connectivity index (χ4n) is 3.21. The van der Waals surface area contributed by atoms with Crippen LogP contribution in [0.5, 0.6) is 0 Å². The monoisotopic (exact) mass is 432 g/mol. The first-order valence-corrected chi connectivity index (χ1v) is 9.18. The lowest BCUT2D eigenvalue weighted by molar-refractivity contribution is -0.388. The van der Waals surface area contributed by atoms with Crippen LogP contribution < -0.4 is 5.32 Å². The van der Waals surface area contributed by atoms with Crippen LogP contribution in [0.3, 0.4) is 0 Å². The van der Waals surface area contributed by atoms with E-state index in [1.54, 1.807) is 0 Å². The Labute approximate surface area is 165 Å². The number of nitrogens with zero attached hydrogens (tertiary/aromatic N) is 3. The molecule has 1 amide bonds. The van der Waals surface area contributed by atoms with Gasteiger partial charge in [0.15, 0.2) is 0 Å². The number of amides is 1. The summed E-state index contributed by atoms with van der Waals surface area (Å²) >= 11 is 1.20. The number of aryl methyl sites for hydroxylation is 1. The summed E-state index contributed by atoms with van der Waals surface area (Å²) in [6.07, 6.45) is -2.76. The number of thiophene rings is 1. The van der Waals surface area contributed by atoms with Crippen molar-refractivity contribution in [1.82, 2.24) is 9.78 Å². The van der Waals surface area contributed by atoms with E-state index < -0.39 is 46.6 Å². The van der Waals surface area contributed by atoms with Crippen molar-refractivity contribution in [2.24, 2.45) is 0 Å². The fraction of sp³-hybridized carbons (Fsp3) is 0.438. The third kappa shape index (κ3) is 3.81. The molecule has 0 aliphatic heterocycles. The molecule has 9 nitrogen and oxygen atoms in total. The highest BCUT2D eigenvalue weighted by Gasteiger charge is 2.44. The van der Waals surface area contributed by atoms with Gasteiger partial charge in [-0.1, -0.05) is 0 Å². The molecule has 29 heavy (non-hydrogen) atoms. The van der Waals surface area contributed by atoms with Gasteiger partial charge in [0.25, 0.3) is 0 Å². The van der Waals surface area contributed by atoms with Gasteiger partial charge in [-0.3, -0.25) is 19.6 Å². The van der Waals surface area contributed by atoms with E-state index in [1.807, 2.05) is 0 Å². The van der Waals surface area contributed by atoms with Gasteiger partial charge in [-0.25, -0.2) is 4.79 Å². The molecule has 0 unspecified atom stereocenters. The van der Waals surface area contributed by atoms with Crippen LogP contribution in [-0.2, 0) is 35.1 Å². The van der Waals surface area contributed by atoms with Crippen molar-refractivity contribution in [2.45, 2.75) is 38.9 Å². The molecule has 2 heterocycles. The second-order valence-corrected chi connectivity index (χ2v) is 7.40. The molecule has 0 aromatic carbocycles. The number of halogens is 3. The summed E-state index contributed by atoms with van der Waals surface area (Å²) in [5.41, 5.74) is -2.24. The minimum absolute atomic E-state index is 0.234. The van der Waals surface area contributed by atoms with Crippen molar-refractivity contribution in [3.63, 3.8) is 0 Å². The number of rotatable bonds is 5. The van der Waals surface area contributed by atoms with Crippen molar-refractivity contribution < 1.29 is 32.4 Å². The number of nitrogens with one attached hydrogen (secondary N) is 1. The molecule has 0 spiro atoms. The maximum atomic E-state index is 13.0. The first-order valence-electron chi connectivity index (χ1n) is 8.36. The zero-order valence-electron chi connectivity index (χ0n) is 15.3. The van der Waals surface area contributed by atoms with Crippen LogP contribution in [0.2, 0.25) is 0 Å². The van der Waals surface area contributed by atoms with E-state index >= 15 is 0 Å². The average Bonchev–Trinajstić information content (AvgIpc) is 3.27. The van der Waals surface area contributed by atoms with Crippen LogP contribution in [0, 0.1) is 17.0 Å². The van der Waals surface area contributed by atoms with Crippen LogP contribution in [-0.4, -0.2) is 33.7 Å². The molecule has 156 valence electrons. The topological polar surface area (TPSA) is 116 Å². The van der Waals surface area contributed by atoms with E-state index in [-0.39, 0.29) is 10.6 Å².